The molecule has 0 radical (unpaired) electrons. The molecular formula is C7H15NO4. The fourth-order valence-electron chi connectivity index (χ4n) is 0.899. The van der Waals surface area contributed by atoms with E-state index in [1.165, 1.54) is 0 Å². The average molecular weight is 177 g/mol. The first-order valence-electron chi connectivity index (χ1n) is 3.71. The Bertz CT molecular complexity index is 148. The number of carboxylic acid groups (broad SMARTS) is 1. The van der Waals surface area contributed by atoms with E-state index in [0.29, 0.717) is 6.54 Å². The Morgan fingerprint density at radius 1 is 1.42 bits per heavy atom. The molecule has 0 aliphatic carbocycles. The van der Waals surface area contributed by atoms with Crippen molar-refractivity contribution in [3.05, 3.63) is 0 Å². The summed E-state index contributed by atoms with van der Waals surface area (Å²) >= 11 is 0. The highest BCUT2D eigenvalue weighted by molar-refractivity contribution is 5.72. The predicted molar refractivity (Wildman–Crippen MR) is 42.8 cm³/mol. The van der Waals surface area contributed by atoms with Crippen LogP contribution in [0.15, 0.2) is 0 Å². The van der Waals surface area contributed by atoms with Crippen LogP contribution in [0.2, 0.25) is 0 Å². The lowest BCUT2D eigenvalue weighted by Crippen LogP contribution is -2.37. The highest BCUT2D eigenvalue weighted by atomic mass is 16.4. The molecule has 72 valence electrons. The molecule has 0 aromatic carbocycles. The van der Waals surface area contributed by atoms with E-state index in [2.05, 4.69) is 0 Å². The van der Waals surface area contributed by atoms with Crippen LogP contribution in [0.4, 0.5) is 0 Å². The van der Waals surface area contributed by atoms with Crippen molar-refractivity contribution >= 4 is 5.97 Å². The van der Waals surface area contributed by atoms with Crippen LogP contribution in [-0.4, -0.2) is 58.5 Å². The van der Waals surface area contributed by atoms with Gasteiger partial charge in [-0.15, -0.1) is 0 Å². The summed E-state index contributed by atoms with van der Waals surface area (Å²) in [6.07, 6.45) is -1.90. The van der Waals surface area contributed by atoms with Gasteiger partial charge in [-0.2, -0.15) is 0 Å². The van der Waals surface area contributed by atoms with Gasteiger partial charge < -0.3 is 20.2 Å². The molecule has 0 aliphatic rings. The minimum Gasteiger partial charge on any atom is -0.479 e. The second-order valence-electron chi connectivity index (χ2n) is 2.92. The van der Waals surface area contributed by atoms with Crippen molar-refractivity contribution in [2.24, 2.45) is 0 Å². The van der Waals surface area contributed by atoms with Gasteiger partial charge in [0.25, 0.3) is 0 Å². The van der Waals surface area contributed by atoms with Crippen molar-refractivity contribution in [2.75, 3.05) is 20.1 Å². The highest BCUT2D eigenvalue weighted by Crippen LogP contribution is 1.91. The summed E-state index contributed by atoms with van der Waals surface area (Å²) < 4.78 is 0. The third-order valence-electron chi connectivity index (χ3n) is 1.35. The normalized spacial score (nSPS) is 16.1. The Morgan fingerprint density at radius 3 is 2.25 bits per heavy atom. The van der Waals surface area contributed by atoms with Crippen molar-refractivity contribution < 1.29 is 20.1 Å². The van der Waals surface area contributed by atoms with E-state index in [9.17, 15) is 4.79 Å². The average Bonchev–Trinajstić information content (AvgIpc) is 1.84. The standard InChI is InChI=1S/C7H15NO4/c1-5(9)3-8(2)4-6(10)7(11)12/h5-6,9-10H,3-4H2,1-2H3,(H,11,12). The van der Waals surface area contributed by atoms with Gasteiger partial charge in [-0.3, -0.25) is 0 Å². The first kappa shape index (κ1) is 11.4. The third kappa shape index (κ3) is 5.06. The molecule has 0 spiro atoms. The topological polar surface area (TPSA) is 81.0 Å². The lowest BCUT2D eigenvalue weighted by atomic mass is 10.3. The van der Waals surface area contributed by atoms with E-state index in [1.807, 2.05) is 0 Å². The Kier molecular flexibility index (Phi) is 4.80. The maximum Gasteiger partial charge on any atom is 0.333 e. The Morgan fingerprint density at radius 2 is 1.92 bits per heavy atom. The molecule has 5 nitrogen and oxygen atoms in total. The molecule has 2 unspecified atom stereocenters. The number of carbonyl (C=O) groups is 1. The minimum atomic E-state index is -1.38. The van der Waals surface area contributed by atoms with Gasteiger partial charge in [0.2, 0.25) is 0 Å². The molecule has 3 N–H and O–H groups in total. The number of rotatable bonds is 5. The van der Waals surface area contributed by atoms with Crippen molar-refractivity contribution in [1.29, 1.82) is 0 Å². The molecule has 5 heteroatoms. The van der Waals surface area contributed by atoms with Gasteiger partial charge in [0.05, 0.1) is 6.10 Å². The molecular weight excluding hydrogens is 162 g/mol. The minimum absolute atomic E-state index is 0.0280. The number of aliphatic hydroxyl groups is 2. The van der Waals surface area contributed by atoms with Gasteiger partial charge in [-0.05, 0) is 14.0 Å². The smallest absolute Gasteiger partial charge is 0.333 e. The summed E-state index contributed by atoms with van der Waals surface area (Å²) in [5, 5.41) is 26.1. The van der Waals surface area contributed by atoms with E-state index in [-0.39, 0.29) is 6.54 Å². The van der Waals surface area contributed by atoms with Crippen LogP contribution in [0, 0.1) is 0 Å². The molecule has 0 saturated heterocycles. The van der Waals surface area contributed by atoms with E-state index >= 15 is 0 Å². The maximum atomic E-state index is 10.2. The van der Waals surface area contributed by atoms with Crippen LogP contribution < -0.4 is 0 Å². The zero-order valence-corrected chi connectivity index (χ0v) is 7.27. The molecule has 0 saturated carbocycles. The Hall–Kier alpha value is -0.650. The van der Waals surface area contributed by atoms with Crippen LogP contribution in [0.5, 0.6) is 0 Å². The van der Waals surface area contributed by atoms with E-state index in [0.717, 1.165) is 0 Å². The first-order chi connectivity index (χ1) is 5.43. The number of carboxylic acids is 1. The molecule has 0 bridgehead atoms. The number of hydrogen-bond acceptors (Lipinski definition) is 4. The van der Waals surface area contributed by atoms with Crippen LogP contribution in [-0.2, 0) is 4.79 Å². The van der Waals surface area contributed by atoms with Gasteiger partial charge in [0.1, 0.15) is 0 Å². The lowest BCUT2D eigenvalue weighted by molar-refractivity contribution is -0.147. The highest BCUT2D eigenvalue weighted by Gasteiger charge is 2.15. The van der Waals surface area contributed by atoms with Gasteiger partial charge in [0, 0.05) is 13.1 Å². The molecule has 2 atom stereocenters. The predicted octanol–water partition coefficient (Wildman–Crippen LogP) is -1.26. The first-order valence-corrected chi connectivity index (χ1v) is 3.71. The molecule has 0 fully saturated rings. The van der Waals surface area contributed by atoms with Crippen molar-refractivity contribution in [2.45, 2.75) is 19.1 Å². The lowest BCUT2D eigenvalue weighted by Gasteiger charge is -2.19. The van der Waals surface area contributed by atoms with Crippen molar-refractivity contribution in [3.63, 3.8) is 0 Å². The second kappa shape index (κ2) is 5.08. The SMILES string of the molecule is CC(O)CN(C)CC(O)C(=O)O. The zero-order chi connectivity index (χ0) is 9.72. The number of likely N-dealkylation sites (N-methyl/N-ethyl adjacent to an activating group) is 1. The van der Waals surface area contributed by atoms with Gasteiger partial charge in [0.15, 0.2) is 6.10 Å². The quantitative estimate of drug-likeness (QED) is 0.488. The van der Waals surface area contributed by atoms with Gasteiger partial charge in [-0.25, -0.2) is 4.79 Å². The molecule has 0 heterocycles. The summed E-state index contributed by atoms with van der Waals surface area (Å²) in [5.41, 5.74) is 0. The van der Waals surface area contributed by atoms with Crippen molar-refractivity contribution in [3.8, 4) is 0 Å². The summed E-state index contributed by atoms with van der Waals surface area (Å²) in [5.74, 6) is -1.24. The Labute approximate surface area is 71.2 Å². The monoisotopic (exact) mass is 177 g/mol. The fourth-order valence-corrected chi connectivity index (χ4v) is 0.899. The van der Waals surface area contributed by atoms with E-state index < -0.39 is 18.2 Å². The van der Waals surface area contributed by atoms with Crippen LogP contribution >= 0.6 is 0 Å². The number of nitrogens with zero attached hydrogens (tertiary/aromatic N) is 1. The molecule has 0 rings (SSSR count). The molecule has 0 aliphatic heterocycles. The summed E-state index contributed by atoms with van der Waals surface area (Å²) in [6, 6.07) is 0. The van der Waals surface area contributed by atoms with Crippen LogP contribution in [0.3, 0.4) is 0 Å². The van der Waals surface area contributed by atoms with Gasteiger partial charge >= 0.3 is 5.97 Å². The Balaban J connectivity index is 3.68. The zero-order valence-electron chi connectivity index (χ0n) is 7.27. The van der Waals surface area contributed by atoms with E-state index in [4.69, 9.17) is 15.3 Å². The molecule has 12 heavy (non-hydrogen) atoms. The summed E-state index contributed by atoms with van der Waals surface area (Å²) in [7, 11) is 1.64. The molecule has 0 aromatic rings. The molecule has 0 amide bonds. The number of aliphatic hydroxyl groups excluding tert-OH is 2. The van der Waals surface area contributed by atoms with Crippen LogP contribution in [0.25, 0.3) is 0 Å². The maximum absolute atomic E-state index is 10.2. The molecule has 0 aromatic heterocycles. The number of hydrogen-bond donors (Lipinski definition) is 3. The summed E-state index contributed by atoms with van der Waals surface area (Å²) in [6.45, 7) is 1.98. The largest absolute Gasteiger partial charge is 0.479 e. The van der Waals surface area contributed by atoms with Gasteiger partial charge in [-0.1, -0.05) is 0 Å². The fraction of sp³-hybridized carbons (Fsp3) is 0.857. The second-order valence-corrected chi connectivity index (χ2v) is 2.92. The summed E-state index contributed by atoms with van der Waals surface area (Å²) in [4.78, 5) is 11.7. The van der Waals surface area contributed by atoms with Crippen molar-refractivity contribution in [1.82, 2.24) is 4.90 Å². The van der Waals surface area contributed by atoms with E-state index in [1.54, 1.807) is 18.9 Å². The van der Waals surface area contributed by atoms with Crippen LogP contribution in [0.1, 0.15) is 6.92 Å². The third-order valence-corrected chi connectivity index (χ3v) is 1.35. The number of aliphatic carboxylic acids is 1.